The molecular weight excluding hydrogens is 651 g/mol. The minimum absolute atomic E-state index is 0.148. The van der Waals surface area contributed by atoms with Crippen LogP contribution in [-0.4, -0.2) is 40.5 Å². The van der Waals surface area contributed by atoms with Crippen molar-refractivity contribution in [1.29, 1.82) is 0 Å². The Morgan fingerprint density at radius 1 is 0.739 bits per heavy atom. The number of sulfonamides is 1. The number of hydrogen-bond acceptors (Lipinski definition) is 8. The number of hydrogen-bond donors (Lipinski definition) is 0. The van der Waals surface area contributed by atoms with Crippen LogP contribution in [0.2, 0.25) is 5.02 Å². The summed E-state index contributed by atoms with van der Waals surface area (Å²) in [6.45, 7) is -0.689. The van der Waals surface area contributed by atoms with Crippen molar-refractivity contribution < 1.29 is 50.2 Å². The quantitative estimate of drug-likeness (QED) is 0.135. The summed E-state index contributed by atoms with van der Waals surface area (Å²) < 4.78 is 84.4. The van der Waals surface area contributed by atoms with Crippen LogP contribution >= 0.6 is 11.6 Å². The van der Waals surface area contributed by atoms with Gasteiger partial charge in [-0.05, 0) is 71.8 Å². The molecule has 0 heterocycles. The summed E-state index contributed by atoms with van der Waals surface area (Å²) >= 11 is 6.27. The summed E-state index contributed by atoms with van der Waals surface area (Å²) in [4.78, 5) is 35.9. The van der Waals surface area contributed by atoms with E-state index in [4.69, 9.17) is 16.3 Å². The zero-order valence-electron chi connectivity index (χ0n) is 24.2. The van der Waals surface area contributed by atoms with Gasteiger partial charge in [0.2, 0.25) is 0 Å². The maximum atomic E-state index is 14.1. The lowest BCUT2D eigenvalue weighted by atomic mass is 10.1. The highest BCUT2D eigenvalue weighted by Gasteiger charge is 2.34. The third-order valence-electron chi connectivity index (χ3n) is 6.65. The van der Waals surface area contributed by atoms with Crippen molar-refractivity contribution in [2.75, 3.05) is 18.5 Å². The fourth-order valence-electron chi connectivity index (χ4n) is 4.21. The van der Waals surface area contributed by atoms with Crippen LogP contribution in [0.3, 0.4) is 0 Å². The molecule has 240 valence electrons. The number of methoxy groups -OCH3 is 2. The summed E-state index contributed by atoms with van der Waals surface area (Å²) in [6, 6.07) is 18.7. The predicted molar refractivity (Wildman–Crippen MR) is 161 cm³/mol. The van der Waals surface area contributed by atoms with E-state index >= 15 is 0 Å². The number of alkyl halides is 3. The van der Waals surface area contributed by atoms with E-state index in [1.807, 2.05) is 0 Å². The molecule has 9 nitrogen and oxygen atoms in total. The number of halogens is 4. The average Bonchev–Trinajstić information content (AvgIpc) is 3.05. The highest BCUT2D eigenvalue weighted by molar-refractivity contribution is 7.92. The van der Waals surface area contributed by atoms with Crippen LogP contribution in [0.25, 0.3) is 0 Å². The van der Waals surface area contributed by atoms with Gasteiger partial charge < -0.3 is 14.2 Å². The van der Waals surface area contributed by atoms with E-state index in [-0.39, 0.29) is 22.8 Å². The molecule has 4 aromatic carbocycles. The first-order chi connectivity index (χ1) is 21.7. The molecular formula is C32H25ClF3NO8S. The standard InChI is InChI=1S/C32H25ClF3NO8S/c1-43-29(38)22-10-6-20(7-11-22)18-37(28-17-25(32(34,35)36)14-15-27(28)33)46(41,42)26-5-3-4-24(16-26)31(40)45-19-21-8-12-23(13-9-21)30(39)44-2/h3-17H,18-19H2,1-2H3. The number of ether oxygens (including phenoxy) is 3. The van der Waals surface area contributed by atoms with E-state index in [0.717, 1.165) is 18.2 Å². The number of benzene rings is 4. The van der Waals surface area contributed by atoms with E-state index in [1.54, 1.807) is 12.1 Å². The van der Waals surface area contributed by atoms with Crippen molar-refractivity contribution in [3.05, 3.63) is 129 Å². The maximum Gasteiger partial charge on any atom is 0.416 e. The Bertz CT molecular complexity index is 1860. The van der Waals surface area contributed by atoms with Crippen molar-refractivity contribution >= 4 is 45.2 Å². The van der Waals surface area contributed by atoms with Crippen LogP contribution in [0.1, 0.15) is 47.8 Å². The lowest BCUT2D eigenvalue weighted by Gasteiger charge is -2.26. The second kappa shape index (κ2) is 14.0. The monoisotopic (exact) mass is 675 g/mol. The van der Waals surface area contributed by atoms with Gasteiger partial charge in [0.05, 0.1) is 58.6 Å². The molecule has 46 heavy (non-hydrogen) atoms. The van der Waals surface area contributed by atoms with E-state index in [2.05, 4.69) is 9.47 Å². The summed E-state index contributed by atoms with van der Waals surface area (Å²) in [5, 5.41) is -0.281. The van der Waals surface area contributed by atoms with Gasteiger partial charge in [0.15, 0.2) is 0 Å². The third kappa shape index (κ3) is 7.85. The summed E-state index contributed by atoms with van der Waals surface area (Å²) in [6.07, 6.45) is -4.81. The average molecular weight is 676 g/mol. The lowest BCUT2D eigenvalue weighted by Crippen LogP contribution is -2.31. The Hall–Kier alpha value is -4.88. The normalized spacial score (nSPS) is 11.4. The Kier molecular flexibility index (Phi) is 10.4. The molecule has 0 aromatic heterocycles. The minimum Gasteiger partial charge on any atom is -0.465 e. The molecule has 0 saturated heterocycles. The third-order valence-corrected chi connectivity index (χ3v) is 8.72. The van der Waals surface area contributed by atoms with Gasteiger partial charge in [-0.2, -0.15) is 13.2 Å². The van der Waals surface area contributed by atoms with Gasteiger partial charge in [-0.15, -0.1) is 0 Å². The Morgan fingerprint density at radius 3 is 1.85 bits per heavy atom. The number of carbonyl (C=O) groups excluding carboxylic acids is 3. The topological polar surface area (TPSA) is 116 Å². The van der Waals surface area contributed by atoms with Crippen molar-refractivity contribution in [2.24, 2.45) is 0 Å². The molecule has 14 heteroatoms. The first kappa shape index (κ1) is 34.0. The maximum absolute atomic E-state index is 14.1. The fraction of sp³-hybridized carbons (Fsp3) is 0.156. The Morgan fingerprint density at radius 2 is 1.30 bits per heavy atom. The molecule has 0 bridgehead atoms. The van der Waals surface area contributed by atoms with E-state index in [1.165, 1.54) is 68.8 Å². The first-order valence-electron chi connectivity index (χ1n) is 13.3. The first-order valence-corrected chi connectivity index (χ1v) is 15.1. The SMILES string of the molecule is COC(=O)c1ccc(COC(=O)c2cccc(S(=O)(=O)N(Cc3ccc(C(=O)OC)cc3)c3cc(C(F)(F)F)ccc3Cl)c2)cc1. The van der Waals surface area contributed by atoms with Crippen LogP contribution in [0.4, 0.5) is 18.9 Å². The second-order valence-electron chi connectivity index (χ2n) is 9.66. The van der Waals surface area contributed by atoms with Crippen molar-refractivity contribution in [3.63, 3.8) is 0 Å². The zero-order chi connectivity index (χ0) is 33.6. The van der Waals surface area contributed by atoms with E-state index < -0.39 is 56.8 Å². The predicted octanol–water partition coefficient (Wildman–Crippen LogP) is 6.68. The molecule has 0 fully saturated rings. The van der Waals surface area contributed by atoms with E-state index in [9.17, 15) is 36.0 Å². The highest BCUT2D eigenvalue weighted by atomic mass is 35.5. The van der Waals surface area contributed by atoms with Crippen molar-refractivity contribution in [2.45, 2.75) is 24.2 Å². The Balaban J connectivity index is 1.67. The minimum atomic E-state index is -4.81. The van der Waals surface area contributed by atoms with Gasteiger partial charge >= 0.3 is 24.1 Å². The molecule has 0 aliphatic carbocycles. The van der Waals surface area contributed by atoms with Gasteiger partial charge in [0.1, 0.15) is 6.61 Å². The molecule has 0 amide bonds. The number of esters is 3. The van der Waals surface area contributed by atoms with Crippen LogP contribution in [0.5, 0.6) is 0 Å². The number of rotatable bonds is 10. The largest absolute Gasteiger partial charge is 0.465 e. The van der Waals surface area contributed by atoms with E-state index in [0.29, 0.717) is 27.1 Å². The lowest BCUT2D eigenvalue weighted by molar-refractivity contribution is -0.137. The van der Waals surface area contributed by atoms with Gasteiger partial charge in [-0.1, -0.05) is 41.9 Å². The van der Waals surface area contributed by atoms with Gasteiger partial charge in [-0.25, -0.2) is 22.8 Å². The zero-order valence-corrected chi connectivity index (χ0v) is 25.8. The summed E-state index contributed by atoms with van der Waals surface area (Å²) in [5.74, 6) is -2.06. The van der Waals surface area contributed by atoms with Crippen molar-refractivity contribution in [1.82, 2.24) is 0 Å². The summed E-state index contributed by atoms with van der Waals surface area (Å²) in [5.41, 5.74) is -0.442. The van der Waals surface area contributed by atoms with Crippen LogP contribution in [-0.2, 0) is 43.6 Å². The Labute approximate surface area is 267 Å². The second-order valence-corrected chi connectivity index (χ2v) is 11.9. The van der Waals surface area contributed by atoms with Crippen LogP contribution in [0.15, 0.2) is 95.9 Å². The van der Waals surface area contributed by atoms with Gasteiger partial charge in [-0.3, -0.25) is 4.31 Å². The number of carbonyl (C=O) groups is 3. The van der Waals surface area contributed by atoms with Crippen molar-refractivity contribution in [3.8, 4) is 0 Å². The fourth-order valence-corrected chi connectivity index (χ4v) is 5.99. The molecule has 4 aromatic rings. The molecule has 0 saturated carbocycles. The molecule has 0 radical (unpaired) electrons. The molecule has 0 unspecified atom stereocenters. The van der Waals surface area contributed by atoms with Crippen LogP contribution < -0.4 is 4.31 Å². The molecule has 0 aliphatic heterocycles. The molecule has 0 N–H and O–H groups in total. The van der Waals surface area contributed by atoms with Gasteiger partial charge in [0, 0.05) is 0 Å². The summed E-state index contributed by atoms with van der Waals surface area (Å²) in [7, 11) is -2.24. The highest BCUT2D eigenvalue weighted by Crippen LogP contribution is 2.38. The van der Waals surface area contributed by atoms with Gasteiger partial charge in [0.25, 0.3) is 10.0 Å². The molecule has 0 atom stereocenters. The number of anilines is 1. The molecule has 4 rings (SSSR count). The van der Waals surface area contributed by atoms with Crippen LogP contribution in [0, 0.1) is 0 Å². The number of nitrogens with zero attached hydrogens (tertiary/aromatic N) is 1. The smallest absolute Gasteiger partial charge is 0.416 e. The molecule has 0 spiro atoms. The molecule has 0 aliphatic rings.